The Bertz CT molecular complexity index is 885. The summed E-state index contributed by atoms with van der Waals surface area (Å²) < 4.78 is 6.01. The summed E-state index contributed by atoms with van der Waals surface area (Å²) in [5, 5.41) is 6.14. The van der Waals surface area contributed by atoms with Gasteiger partial charge in [-0.25, -0.2) is 0 Å². The maximum Gasteiger partial charge on any atom is 0.325 e. The zero-order valence-electron chi connectivity index (χ0n) is 35.8. The molecule has 9 nitrogen and oxygen atoms in total. The maximum absolute atomic E-state index is 12.8. The summed E-state index contributed by atoms with van der Waals surface area (Å²) in [7, 11) is 0. The van der Waals surface area contributed by atoms with Crippen molar-refractivity contribution in [1.29, 1.82) is 0 Å². The van der Waals surface area contributed by atoms with Gasteiger partial charge in [0.25, 0.3) is 0 Å². The van der Waals surface area contributed by atoms with E-state index in [0.29, 0.717) is 25.9 Å². The Balaban J connectivity index is 1.57. The lowest BCUT2D eigenvalue weighted by atomic mass is 9.80. The van der Waals surface area contributed by atoms with Gasteiger partial charge in [-0.15, -0.1) is 5.06 Å². The van der Waals surface area contributed by atoms with Crippen LogP contribution < -0.4 is 0 Å². The van der Waals surface area contributed by atoms with Crippen molar-refractivity contribution < 1.29 is 28.8 Å². The third kappa shape index (κ3) is 17.5. The lowest BCUT2D eigenvalue weighted by Gasteiger charge is -2.53. The number of carbonyl (C=O) groups excluding carboxylic acids is 2. The fourth-order valence-electron chi connectivity index (χ4n) is 8.64. The maximum atomic E-state index is 12.8. The van der Waals surface area contributed by atoms with Gasteiger partial charge in [-0.2, -0.15) is 10.1 Å². The van der Waals surface area contributed by atoms with Crippen LogP contribution in [0.5, 0.6) is 0 Å². The zero-order valence-corrected chi connectivity index (χ0v) is 35.8. The van der Waals surface area contributed by atoms with Crippen molar-refractivity contribution in [1.82, 2.24) is 15.2 Å². The van der Waals surface area contributed by atoms with Crippen LogP contribution in [-0.2, 0) is 28.8 Å². The van der Waals surface area contributed by atoms with Crippen molar-refractivity contribution in [2.45, 2.75) is 239 Å². The van der Waals surface area contributed by atoms with Crippen molar-refractivity contribution in [3.8, 4) is 0 Å². The summed E-state index contributed by atoms with van der Waals surface area (Å²) in [5.74, 6) is -0.241. The fourth-order valence-corrected chi connectivity index (χ4v) is 8.64. The molecule has 9 heteroatoms. The summed E-state index contributed by atoms with van der Waals surface area (Å²) >= 11 is 0. The summed E-state index contributed by atoms with van der Waals surface area (Å²) in [4.78, 5) is 44.0. The number of piperidine rings is 1. The Morgan fingerprint density at radius 1 is 0.500 bits per heavy atom. The van der Waals surface area contributed by atoms with Crippen LogP contribution in [0.2, 0.25) is 0 Å². The first kappa shape index (κ1) is 46.9. The number of hydrogen-bond donors (Lipinski definition) is 0. The molecule has 0 unspecified atom stereocenters. The molecule has 2 saturated heterocycles. The summed E-state index contributed by atoms with van der Waals surface area (Å²) in [6.07, 6.45) is 23.1. The van der Waals surface area contributed by atoms with E-state index >= 15 is 0 Å². The van der Waals surface area contributed by atoms with E-state index in [1.165, 1.54) is 64.2 Å². The molecule has 2 fully saturated rings. The van der Waals surface area contributed by atoms with Crippen LogP contribution in [0, 0.1) is 0 Å². The average molecular weight is 738 g/mol. The van der Waals surface area contributed by atoms with Gasteiger partial charge in [0.1, 0.15) is 6.10 Å². The van der Waals surface area contributed by atoms with Gasteiger partial charge in [0.05, 0.1) is 37.4 Å². The van der Waals surface area contributed by atoms with E-state index in [1.54, 1.807) is 0 Å². The van der Waals surface area contributed by atoms with Crippen LogP contribution in [0.4, 0.5) is 0 Å². The summed E-state index contributed by atoms with van der Waals surface area (Å²) in [5.41, 5.74) is -0.956. The number of esters is 1. The molecule has 2 heterocycles. The predicted octanol–water partition coefficient (Wildman–Crippen LogP) is 10.9. The Hall–Kier alpha value is -1.26. The number of piperazine rings is 1. The zero-order chi connectivity index (χ0) is 38.7. The largest absolute Gasteiger partial charge is 0.462 e. The van der Waals surface area contributed by atoms with E-state index in [2.05, 4.69) is 79.4 Å². The molecule has 0 aromatic heterocycles. The molecule has 0 radical (unpaired) electrons. The molecule has 2 aliphatic rings. The Kier molecular flexibility index (Phi) is 21.3. The highest BCUT2D eigenvalue weighted by molar-refractivity contribution is 5.69. The van der Waals surface area contributed by atoms with Crippen LogP contribution in [0.1, 0.15) is 210 Å². The van der Waals surface area contributed by atoms with Crippen molar-refractivity contribution in [3.63, 3.8) is 0 Å². The molecule has 0 N–H and O–H groups in total. The van der Waals surface area contributed by atoms with Gasteiger partial charge in [-0.3, -0.25) is 19.3 Å². The number of unbranched alkanes of at least 4 members (excludes halogenated alkanes) is 15. The quantitative estimate of drug-likeness (QED) is 0.0604. The lowest BCUT2D eigenvalue weighted by Crippen LogP contribution is -2.68. The van der Waals surface area contributed by atoms with E-state index in [1.807, 2.05) is 5.06 Å². The van der Waals surface area contributed by atoms with Gasteiger partial charge in [-0.05, 0) is 81.1 Å². The second-order valence-corrected chi connectivity index (χ2v) is 18.4. The minimum Gasteiger partial charge on any atom is -0.462 e. The first-order valence-corrected chi connectivity index (χ1v) is 21.6. The van der Waals surface area contributed by atoms with Crippen LogP contribution in [0.15, 0.2) is 0 Å². The Labute approximate surface area is 320 Å². The van der Waals surface area contributed by atoms with Gasteiger partial charge < -0.3 is 9.57 Å². The normalized spacial score (nSPS) is 20.6. The van der Waals surface area contributed by atoms with Gasteiger partial charge in [0.2, 0.25) is 0 Å². The first-order chi connectivity index (χ1) is 24.5. The molecule has 0 atom stereocenters. The van der Waals surface area contributed by atoms with Gasteiger partial charge in [0.15, 0.2) is 0 Å². The smallest absolute Gasteiger partial charge is 0.325 e. The fraction of sp³-hybridized carbons (Fsp3) is 0.953. The van der Waals surface area contributed by atoms with Gasteiger partial charge in [0, 0.05) is 36.8 Å². The molecule has 0 saturated carbocycles. The monoisotopic (exact) mass is 738 g/mol. The van der Waals surface area contributed by atoms with Crippen molar-refractivity contribution in [2.24, 2.45) is 0 Å². The first-order valence-electron chi connectivity index (χ1n) is 21.6. The minimum atomic E-state index is -0.275. The van der Waals surface area contributed by atoms with Crippen molar-refractivity contribution in [3.05, 3.63) is 0 Å². The molecule has 2 rings (SSSR count). The highest BCUT2D eigenvalue weighted by Gasteiger charge is 2.48. The number of rotatable bonds is 27. The van der Waals surface area contributed by atoms with E-state index in [9.17, 15) is 9.59 Å². The molecule has 0 amide bonds. The van der Waals surface area contributed by atoms with Crippen molar-refractivity contribution in [2.75, 3.05) is 26.3 Å². The van der Waals surface area contributed by atoms with E-state index in [4.69, 9.17) is 19.2 Å². The molecule has 0 aromatic carbocycles. The third-order valence-corrected chi connectivity index (χ3v) is 10.8. The molecule has 0 aromatic rings. The molecule has 52 heavy (non-hydrogen) atoms. The second-order valence-electron chi connectivity index (χ2n) is 18.4. The Morgan fingerprint density at radius 2 is 0.865 bits per heavy atom. The highest BCUT2D eigenvalue weighted by atomic mass is 16.7. The van der Waals surface area contributed by atoms with Gasteiger partial charge >= 0.3 is 11.9 Å². The van der Waals surface area contributed by atoms with E-state index < -0.39 is 0 Å². The number of carbonyl (C=O) groups is 2. The molecule has 0 aliphatic carbocycles. The molecule has 0 spiro atoms. The highest BCUT2D eigenvalue weighted by Crippen LogP contribution is 2.40. The van der Waals surface area contributed by atoms with Crippen LogP contribution in [0.25, 0.3) is 0 Å². The lowest BCUT2D eigenvalue weighted by molar-refractivity contribution is -0.322. The van der Waals surface area contributed by atoms with Crippen LogP contribution in [-0.4, -0.2) is 81.7 Å². The Morgan fingerprint density at radius 3 is 1.31 bits per heavy atom. The standard InChI is InChI=1S/C43H83N3O6/c1-11-13-15-17-23-27-31-49-45-40(3,4)33-37(34-41(45,5)6)51-38(47)29-25-21-19-20-22-26-30-39(48)52-44-35-42(7,8)46(43(9,10)36-44)50-32-28-24-18-16-14-12-2/h37H,11-36H2,1-10H3. The number of hydroxylamine groups is 6. The molecule has 306 valence electrons. The number of ether oxygens (including phenoxy) is 1. The number of hydrogen-bond acceptors (Lipinski definition) is 9. The minimum absolute atomic E-state index is 0.0858. The SMILES string of the molecule is CCCCCCCCON1C(C)(C)CC(OC(=O)CCCCCCCCC(=O)ON2CC(C)(C)N(OCCCCCCCC)C(C)(C)C2)CC1(C)C. The third-order valence-electron chi connectivity index (χ3n) is 10.8. The van der Waals surface area contributed by atoms with Gasteiger partial charge in [-0.1, -0.05) is 104 Å². The van der Waals surface area contributed by atoms with Crippen molar-refractivity contribution >= 4 is 11.9 Å². The van der Waals surface area contributed by atoms with E-state index in [0.717, 1.165) is 77.4 Å². The van der Waals surface area contributed by atoms with Crippen LogP contribution >= 0.6 is 0 Å². The predicted molar refractivity (Wildman–Crippen MR) is 212 cm³/mol. The molecular weight excluding hydrogens is 654 g/mol. The number of nitrogens with zero attached hydrogens (tertiary/aromatic N) is 3. The molecular formula is C43H83N3O6. The van der Waals surface area contributed by atoms with E-state index in [-0.39, 0.29) is 40.2 Å². The summed E-state index contributed by atoms with van der Waals surface area (Å²) in [6, 6.07) is 0. The average Bonchev–Trinajstić information content (AvgIpc) is 3.02. The van der Waals surface area contributed by atoms with Crippen LogP contribution in [0.3, 0.4) is 0 Å². The molecule has 2 aliphatic heterocycles. The topological polar surface area (TPSA) is 80.8 Å². The second kappa shape index (κ2) is 23.6. The summed E-state index contributed by atoms with van der Waals surface area (Å²) in [6.45, 7) is 24.6. The molecule has 0 bridgehead atoms.